The van der Waals surface area contributed by atoms with Crippen LogP contribution in [0.15, 0.2) is 48.5 Å². The maximum atomic E-state index is 12.5. The molecule has 2 amide bonds. The van der Waals surface area contributed by atoms with Crippen molar-refractivity contribution in [2.24, 2.45) is 0 Å². The SMILES string of the molecule is CC(C)NC(=O)c1ccc(NC(=S)NC(=O)c2ccccc2OC(C)C)cc1. The molecule has 6 nitrogen and oxygen atoms in total. The van der Waals surface area contributed by atoms with Gasteiger partial charge in [0.1, 0.15) is 5.75 Å². The molecule has 0 aromatic heterocycles. The Morgan fingerprint density at radius 3 is 2.18 bits per heavy atom. The average molecular weight is 400 g/mol. The van der Waals surface area contributed by atoms with Crippen LogP contribution in [0.1, 0.15) is 48.4 Å². The number of hydrogen-bond acceptors (Lipinski definition) is 4. The van der Waals surface area contributed by atoms with E-state index in [1.54, 1.807) is 42.5 Å². The number of thiocarbonyl (C=S) groups is 1. The lowest BCUT2D eigenvalue weighted by Gasteiger charge is -2.15. The summed E-state index contributed by atoms with van der Waals surface area (Å²) in [5.41, 5.74) is 1.62. The van der Waals surface area contributed by atoms with E-state index in [-0.39, 0.29) is 29.1 Å². The number of carbonyl (C=O) groups excluding carboxylic acids is 2. The second-order valence-corrected chi connectivity index (χ2v) is 7.18. The summed E-state index contributed by atoms with van der Waals surface area (Å²) in [5.74, 6) is -0.000752. The molecule has 0 aliphatic heterocycles. The lowest BCUT2D eigenvalue weighted by molar-refractivity contribution is 0.0940. The van der Waals surface area contributed by atoms with Gasteiger partial charge in [0, 0.05) is 17.3 Å². The van der Waals surface area contributed by atoms with Gasteiger partial charge in [-0.05, 0) is 76.3 Å². The van der Waals surface area contributed by atoms with E-state index < -0.39 is 0 Å². The van der Waals surface area contributed by atoms with E-state index in [2.05, 4.69) is 16.0 Å². The first-order valence-corrected chi connectivity index (χ1v) is 9.46. The smallest absolute Gasteiger partial charge is 0.261 e. The Kier molecular flexibility index (Phi) is 7.52. The molecule has 0 radical (unpaired) electrons. The fourth-order valence-electron chi connectivity index (χ4n) is 2.39. The average Bonchev–Trinajstić information content (AvgIpc) is 2.61. The van der Waals surface area contributed by atoms with Crippen LogP contribution >= 0.6 is 12.2 Å². The fraction of sp³-hybridized carbons (Fsp3) is 0.286. The highest BCUT2D eigenvalue weighted by atomic mass is 32.1. The molecule has 0 saturated heterocycles. The van der Waals surface area contributed by atoms with Crippen molar-refractivity contribution in [2.75, 3.05) is 5.32 Å². The molecule has 0 aliphatic carbocycles. The topological polar surface area (TPSA) is 79.5 Å². The van der Waals surface area contributed by atoms with Crippen LogP contribution in [-0.2, 0) is 0 Å². The number of nitrogens with one attached hydrogen (secondary N) is 3. The number of benzene rings is 2. The Labute approximate surface area is 170 Å². The van der Waals surface area contributed by atoms with E-state index in [4.69, 9.17) is 17.0 Å². The molecule has 0 aliphatic rings. The zero-order chi connectivity index (χ0) is 20.7. The van der Waals surface area contributed by atoms with Gasteiger partial charge in [-0.1, -0.05) is 12.1 Å². The Hall–Kier alpha value is -2.93. The zero-order valence-electron chi connectivity index (χ0n) is 16.4. The Morgan fingerprint density at radius 2 is 1.57 bits per heavy atom. The fourth-order valence-corrected chi connectivity index (χ4v) is 2.60. The van der Waals surface area contributed by atoms with Crippen LogP contribution in [0, 0.1) is 0 Å². The first-order valence-electron chi connectivity index (χ1n) is 9.05. The van der Waals surface area contributed by atoms with Gasteiger partial charge in [0.2, 0.25) is 0 Å². The van der Waals surface area contributed by atoms with E-state index in [9.17, 15) is 9.59 Å². The molecule has 2 rings (SSSR count). The standard InChI is InChI=1S/C21H25N3O3S/c1-13(2)22-19(25)15-9-11-16(12-10-15)23-21(28)24-20(26)17-7-5-6-8-18(17)27-14(3)4/h5-14H,1-4H3,(H,22,25)(H2,23,24,26,28). The van der Waals surface area contributed by atoms with Crippen molar-refractivity contribution >= 4 is 34.8 Å². The highest BCUT2D eigenvalue weighted by molar-refractivity contribution is 7.80. The van der Waals surface area contributed by atoms with E-state index in [1.807, 2.05) is 33.8 Å². The van der Waals surface area contributed by atoms with Gasteiger partial charge in [0.05, 0.1) is 11.7 Å². The van der Waals surface area contributed by atoms with Gasteiger partial charge in [-0.15, -0.1) is 0 Å². The molecule has 0 heterocycles. The summed E-state index contributed by atoms with van der Waals surface area (Å²) in [6, 6.07) is 13.9. The third-order valence-electron chi connectivity index (χ3n) is 3.55. The van der Waals surface area contributed by atoms with E-state index in [0.717, 1.165) is 0 Å². The lowest BCUT2D eigenvalue weighted by Crippen LogP contribution is -2.34. The minimum absolute atomic E-state index is 0.0505. The summed E-state index contributed by atoms with van der Waals surface area (Å²) < 4.78 is 5.67. The van der Waals surface area contributed by atoms with Crippen LogP contribution in [0.3, 0.4) is 0 Å². The summed E-state index contributed by atoms with van der Waals surface area (Å²) in [4.78, 5) is 24.5. The molecular formula is C21H25N3O3S. The molecule has 0 bridgehead atoms. The highest BCUT2D eigenvalue weighted by Gasteiger charge is 2.14. The largest absolute Gasteiger partial charge is 0.490 e. The quantitative estimate of drug-likeness (QED) is 0.645. The van der Waals surface area contributed by atoms with Crippen molar-refractivity contribution < 1.29 is 14.3 Å². The first kappa shape index (κ1) is 21.4. The van der Waals surface area contributed by atoms with E-state index >= 15 is 0 Å². The molecule has 0 atom stereocenters. The highest BCUT2D eigenvalue weighted by Crippen LogP contribution is 2.19. The van der Waals surface area contributed by atoms with Crippen molar-refractivity contribution in [1.29, 1.82) is 0 Å². The van der Waals surface area contributed by atoms with Crippen LogP contribution in [0.5, 0.6) is 5.75 Å². The molecule has 28 heavy (non-hydrogen) atoms. The van der Waals surface area contributed by atoms with Gasteiger partial charge in [-0.3, -0.25) is 14.9 Å². The van der Waals surface area contributed by atoms with Gasteiger partial charge < -0.3 is 15.4 Å². The lowest BCUT2D eigenvalue weighted by atomic mass is 10.2. The van der Waals surface area contributed by atoms with Gasteiger partial charge in [-0.25, -0.2) is 0 Å². The van der Waals surface area contributed by atoms with Gasteiger partial charge in [0.15, 0.2) is 5.11 Å². The zero-order valence-corrected chi connectivity index (χ0v) is 17.2. The van der Waals surface area contributed by atoms with Crippen LogP contribution in [0.4, 0.5) is 5.69 Å². The Balaban J connectivity index is 1.99. The Morgan fingerprint density at radius 1 is 0.929 bits per heavy atom. The number of ether oxygens (including phenoxy) is 1. The van der Waals surface area contributed by atoms with E-state index in [1.165, 1.54) is 0 Å². The third-order valence-corrected chi connectivity index (χ3v) is 3.75. The summed E-state index contributed by atoms with van der Waals surface area (Å²) >= 11 is 5.22. The predicted octanol–water partition coefficient (Wildman–Crippen LogP) is 3.74. The third kappa shape index (κ3) is 6.35. The number of carbonyl (C=O) groups is 2. The minimum Gasteiger partial charge on any atom is -0.490 e. The van der Waals surface area contributed by atoms with Crippen molar-refractivity contribution in [1.82, 2.24) is 10.6 Å². The maximum Gasteiger partial charge on any atom is 0.261 e. The predicted molar refractivity (Wildman–Crippen MR) is 115 cm³/mol. The van der Waals surface area contributed by atoms with Crippen molar-refractivity contribution in [3.8, 4) is 5.75 Å². The summed E-state index contributed by atoms with van der Waals surface area (Å²) in [6.45, 7) is 7.59. The molecule has 0 fully saturated rings. The normalized spacial score (nSPS) is 10.5. The van der Waals surface area contributed by atoms with Crippen molar-refractivity contribution in [3.63, 3.8) is 0 Å². The van der Waals surface area contributed by atoms with E-state index in [0.29, 0.717) is 22.6 Å². The summed E-state index contributed by atoms with van der Waals surface area (Å²) in [5, 5.41) is 8.57. The molecule has 2 aromatic carbocycles. The second-order valence-electron chi connectivity index (χ2n) is 6.78. The molecule has 0 saturated carbocycles. The number of hydrogen-bond donors (Lipinski definition) is 3. The minimum atomic E-state index is -0.360. The second kappa shape index (κ2) is 9.85. The monoisotopic (exact) mass is 399 g/mol. The van der Waals surface area contributed by atoms with Crippen LogP contribution in [0.25, 0.3) is 0 Å². The van der Waals surface area contributed by atoms with Crippen LogP contribution in [0.2, 0.25) is 0 Å². The number of anilines is 1. The summed E-state index contributed by atoms with van der Waals surface area (Å²) in [7, 11) is 0. The van der Waals surface area contributed by atoms with Gasteiger partial charge >= 0.3 is 0 Å². The Bertz CT molecular complexity index is 848. The summed E-state index contributed by atoms with van der Waals surface area (Å²) in [6.07, 6.45) is -0.0505. The number of para-hydroxylation sites is 1. The van der Waals surface area contributed by atoms with Gasteiger partial charge in [0.25, 0.3) is 11.8 Å². The molecule has 3 N–H and O–H groups in total. The van der Waals surface area contributed by atoms with Gasteiger partial charge in [-0.2, -0.15) is 0 Å². The number of amides is 2. The molecule has 2 aromatic rings. The molecule has 0 spiro atoms. The first-order chi connectivity index (χ1) is 13.3. The van der Waals surface area contributed by atoms with Crippen LogP contribution < -0.4 is 20.7 Å². The molecule has 0 unspecified atom stereocenters. The van der Waals surface area contributed by atoms with Crippen molar-refractivity contribution in [3.05, 3.63) is 59.7 Å². The molecule has 148 valence electrons. The number of rotatable bonds is 6. The molecule has 7 heteroatoms. The van der Waals surface area contributed by atoms with Crippen molar-refractivity contribution in [2.45, 2.75) is 39.8 Å². The molecular weight excluding hydrogens is 374 g/mol. The van der Waals surface area contributed by atoms with Crippen LogP contribution in [-0.4, -0.2) is 29.1 Å². The maximum absolute atomic E-state index is 12.5.